The lowest BCUT2D eigenvalue weighted by molar-refractivity contribution is -0.153. The van der Waals surface area contributed by atoms with E-state index in [1.54, 1.807) is 0 Å². The highest BCUT2D eigenvalue weighted by molar-refractivity contribution is 6.26. The minimum absolute atomic E-state index is 0.0238. The molecule has 0 amide bonds. The third-order valence-electron chi connectivity index (χ3n) is 2.58. The van der Waals surface area contributed by atoms with E-state index in [9.17, 15) is 9.59 Å². The van der Waals surface area contributed by atoms with Crippen molar-refractivity contribution in [2.75, 3.05) is 18.4 Å². The number of ether oxygens (including phenoxy) is 2. The monoisotopic (exact) mass is 298 g/mol. The molecule has 0 bridgehead atoms. The van der Waals surface area contributed by atoms with E-state index >= 15 is 0 Å². The van der Waals surface area contributed by atoms with Crippen molar-refractivity contribution in [3.05, 3.63) is 0 Å². The standard InChI is InChI=1S/C12H20Cl2O4/c1-3-5-10(18-12(16)7-14)9(4-2)8-17-11(15)6-13/h9-10H,3-8H2,1-2H3/t9-,10-/m0/s1. The molecule has 0 saturated carbocycles. The number of carbonyl (C=O) groups excluding carboxylic acids is 2. The molecule has 0 radical (unpaired) electrons. The molecule has 0 aliphatic carbocycles. The second-order valence-electron chi connectivity index (χ2n) is 3.94. The molecule has 0 unspecified atom stereocenters. The summed E-state index contributed by atoms with van der Waals surface area (Å²) in [6.45, 7) is 4.16. The van der Waals surface area contributed by atoms with Gasteiger partial charge in [0.15, 0.2) is 0 Å². The number of hydrogen-bond acceptors (Lipinski definition) is 4. The van der Waals surface area contributed by atoms with Gasteiger partial charge in [-0.15, -0.1) is 23.2 Å². The molecule has 0 aromatic rings. The molecule has 106 valence electrons. The summed E-state index contributed by atoms with van der Waals surface area (Å²) >= 11 is 10.8. The molecular formula is C12H20Cl2O4. The quantitative estimate of drug-likeness (QED) is 0.485. The number of rotatable bonds is 9. The van der Waals surface area contributed by atoms with Crippen molar-refractivity contribution in [1.82, 2.24) is 0 Å². The largest absolute Gasteiger partial charge is 0.464 e. The van der Waals surface area contributed by atoms with Crippen LogP contribution < -0.4 is 0 Å². The molecule has 0 aliphatic heterocycles. The van der Waals surface area contributed by atoms with E-state index in [0.717, 1.165) is 19.3 Å². The van der Waals surface area contributed by atoms with Crippen LogP contribution in [0.3, 0.4) is 0 Å². The van der Waals surface area contributed by atoms with Gasteiger partial charge in [0, 0.05) is 5.92 Å². The van der Waals surface area contributed by atoms with E-state index in [1.807, 2.05) is 13.8 Å². The van der Waals surface area contributed by atoms with E-state index in [0.29, 0.717) is 0 Å². The Morgan fingerprint density at radius 2 is 1.72 bits per heavy atom. The SMILES string of the molecule is CCC[C@H](OC(=O)CCl)[C@@H](CC)COC(=O)CCl. The molecule has 0 saturated heterocycles. The van der Waals surface area contributed by atoms with E-state index < -0.39 is 11.9 Å². The molecule has 0 fully saturated rings. The maximum atomic E-state index is 11.2. The molecule has 0 heterocycles. The van der Waals surface area contributed by atoms with Crippen molar-refractivity contribution in [3.63, 3.8) is 0 Å². The van der Waals surface area contributed by atoms with Crippen LogP contribution in [0.4, 0.5) is 0 Å². The minimum atomic E-state index is -0.464. The Morgan fingerprint density at radius 3 is 2.17 bits per heavy atom. The van der Waals surface area contributed by atoms with Crippen LogP contribution in [0.1, 0.15) is 33.1 Å². The van der Waals surface area contributed by atoms with Gasteiger partial charge >= 0.3 is 11.9 Å². The summed E-state index contributed by atoms with van der Waals surface area (Å²) in [7, 11) is 0. The van der Waals surface area contributed by atoms with Gasteiger partial charge in [-0.25, -0.2) is 0 Å². The third-order valence-corrected chi connectivity index (χ3v) is 3.02. The summed E-state index contributed by atoms with van der Waals surface area (Å²) < 4.78 is 10.3. The Kier molecular flexibility index (Phi) is 10.2. The Hall–Kier alpha value is -0.480. The summed E-state index contributed by atoms with van der Waals surface area (Å²) in [5.41, 5.74) is 0. The van der Waals surface area contributed by atoms with E-state index in [-0.39, 0.29) is 30.4 Å². The molecule has 0 aromatic heterocycles. The Balaban J connectivity index is 4.40. The second-order valence-corrected chi connectivity index (χ2v) is 4.47. The number of halogens is 2. The van der Waals surface area contributed by atoms with Gasteiger partial charge in [-0.3, -0.25) is 9.59 Å². The molecule has 0 aliphatic rings. The van der Waals surface area contributed by atoms with Crippen LogP contribution >= 0.6 is 23.2 Å². The van der Waals surface area contributed by atoms with Crippen molar-refractivity contribution >= 4 is 35.1 Å². The van der Waals surface area contributed by atoms with Crippen molar-refractivity contribution in [1.29, 1.82) is 0 Å². The van der Waals surface area contributed by atoms with Crippen LogP contribution in [0.25, 0.3) is 0 Å². The zero-order chi connectivity index (χ0) is 14.0. The van der Waals surface area contributed by atoms with Gasteiger partial charge in [-0.1, -0.05) is 20.3 Å². The normalized spacial score (nSPS) is 13.8. The topological polar surface area (TPSA) is 52.6 Å². The summed E-state index contributed by atoms with van der Waals surface area (Å²) in [5, 5.41) is 0. The van der Waals surface area contributed by atoms with Gasteiger partial charge in [0.2, 0.25) is 0 Å². The fourth-order valence-corrected chi connectivity index (χ4v) is 1.74. The smallest absolute Gasteiger partial charge is 0.321 e. The van der Waals surface area contributed by atoms with Crippen molar-refractivity contribution in [2.45, 2.75) is 39.2 Å². The molecule has 6 heteroatoms. The number of alkyl halides is 2. The van der Waals surface area contributed by atoms with Crippen molar-refractivity contribution in [2.24, 2.45) is 5.92 Å². The molecule has 0 rings (SSSR count). The molecule has 18 heavy (non-hydrogen) atoms. The number of carbonyl (C=O) groups is 2. The lowest BCUT2D eigenvalue weighted by atomic mass is 9.96. The van der Waals surface area contributed by atoms with E-state index in [1.165, 1.54) is 0 Å². The maximum Gasteiger partial charge on any atom is 0.321 e. The van der Waals surface area contributed by atoms with Crippen LogP contribution in [0, 0.1) is 5.92 Å². The first-order valence-corrected chi connectivity index (χ1v) is 7.12. The first kappa shape index (κ1) is 17.5. The zero-order valence-electron chi connectivity index (χ0n) is 10.8. The van der Waals surface area contributed by atoms with Gasteiger partial charge in [-0.2, -0.15) is 0 Å². The number of hydrogen-bond donors (Lipinski definition) is 0. The maximum absolute atomic E-state index is 11.2. The molecule has 2 atom stereocenters. The lowest BCUT2D eigenvalue weighted by Crippen LogP contribution is -2.31. The first-order chi connectivity index (χ1) is 8.58. The average molecular weight is 299 g/mol. The van der Waals surface area contributed by atoms with Gasteiger partial charge < -0.3 is 9.47 Å². The summed E-state index contributed by atoms with van der Waals surface area (Å²) in [4.78, 5) is 22.2. The van der Waals surface area contributed by atoms with Gasteiger partial charge in [0.05, 0.1) is 6.61 Å². The van der Waals surface area contributed by atoms with Crippen LogP contribution in [0.2, 0.25) is 0 Å². The molecule has 0 N–H and O–H groups in total. The summed E-state index contributed by atoms with van der Waals surface area (Å²) in [6, 6.07) is 0. The highest BCUT2D eigenvalue weighted by Crippen LogP contribution is 2.18. The fourth-order valence-electron chi connectivity index (χ4n) is 1.60. The van der Waals surface area contributed by atoms with Gasteiger partial charge in [0.1, 0.15) is 17.9 Å². The van der Waals surface area contributed by atoms with Crippen molar-refractivity contribution < 1.29 is 19.1 Å². The van der Waals surface area contributed by atoms with Crippen LogP contribution in [0.15, 0.2) is 0 Å². The second kappa shape index (κ2) is 10.4. The van der Waals surface area contributed by atoms with Crippen LogP contribution in [-0.2, 0) is 19.1 Å². The van der Waals surface area contributed by atoms with Crippen LogP contribution in [-0.4, -0.2) is 36.4 Å². The molecule has 0 spiro atoms. The third kappa shape index (κ3) is 7.07. The predicted octanol–water partition coefficient (Wildman–Crippen LogP) is 2.75. The number of esters is 2. The van der Waals surface area contributed by atoms with E-state index in [2.05, 4.69) is 0 Å². The van der Waals surface area contributed by atoms with Crippen LogP contribution in [0.5, 0.6) is 0 Å². The Bertz CT molecular complexity index is 258. The molecule has 0 aromatic carbocycles. The summed E-state index contributed by atoms with van der Waals surface area (Å²) in [6.07, 6.45) is 2.07. The van der Waals surface area contributed by atoms with Gasteiger partial charge in [0.25, 0.3) is 0 Å². The first-order valence-electron chi connectivity index (χ1n) is 6.05. The Labute approximate surface area is 118 Å². The molecule has 4 nitrogen and oxygen atoms in total. The highest BCUT2D eigenvalue weighted by Gasteiger charge is 2.24. The minimum Gasteiger partial charge on any atom is -0.464 e. The lowest BCUT2D eigenvalue weighted by Gasteiger charge is -2.25. The fraction of sp³-hybridized carbons (Fsp3) is 0.833. The predicted molar refractivity (Wildman–Crippen MR) is 71.0 cm³/mol. The van der Waals surface area contributed by atoms with E-state index in [4.69, 9.17) is 32.7 Å². The average Bonchev–Trinajstić information content (AvgIpc) is 2.38. The molecular weight excluding hydrogens is 279 g/mol. The summed E-state index contributed by atoms with van der Waals surface area (Å²) in [5.74, 6) is -1.27. The highest BCUT2D eigenvalue weighted by atomic mass is 35.5. The van der Waals surface area contributed by atoms with Crippen molar-refractivity contribution in [3.8, 4) is 0 Å². The zero-order valence-corrected chi connectivity index (χ0v) is 12.3. The van der Waals surface area contributed by atoms with Gasteiger partial charge in [-0.05, 0) is 12.8 Å². The Morgan fingerprint density at radius 1 is 1.11 bits per heavy atom.